The Morgan fingerprint density at radius 1 is 1.22 bits per heavy atom. The van der Waals surface area contributed by atoms with Crippen molar-refractivity contribution < 1.29 is 0 Å². The van der Waals surface area contributed by atoms with E-state index in [2.05, 4.69) is 29.1 Å². The van der Waals surface area contributed by atoms with Crippen LogP contribution in [0.5, 0.6) is 0 Å². The molecule has 0 saturated carbocycles. The fourth-order valence-corrected chi connectivity index (χ4v) is 2.23. The monoisotopic (exact) mass is 263 g/mol. The predicted octanol–water partition coefficient (Wildman–Crippen LogP) is 3.70. The number of rotatable bonds is 5. The second-order valence-corrected chi connectivity index (χ2v) is 5.58. The van der Waals surface area contributed by atoms with Crippen LogP contribution in [-0.2, 0) is 0 Å². The first-order valence-corrected chi connectivity index (χ1v) is 6.66. The lowest BCUT2D eigenvalue weighted by molar-refractivity contribution is 0.379. The zero-order chi connectivity index (χ0) is 13.0. The molecular weight excluding hydrogens is 246 g/mol. The van der Waals surface area contributed by atoms with Gasteiger partial charge in [0.2, 0.25) is 0 Å². The highest BCUT2D eigenvalue weighted by Gasteiger charge is 2.16. The molecule has 18 heavy (non-hydrogen) atoms. The van der Waals surface area contributed by atoms with Gasteiger partial charge in [-0.15, -0.1) is 11.6 Å². The summed E-state index contributed by atoms with van der Waals surface area (Å²) < 4.78 is 0. The minimum absolute atomic E-state index is 0.162. The van der Waals surface area contributed by atoms with E-state index in [0.717, 1.165) is 29.8 Å². The molecule has 0 aliphatic rings. The number of nitrogens with one attached hydrogen (secondary N) is 1. The van der Waals surface area contributed by atoms with Gasteiger partial charge in [0.05, 0.1) is 17.2 Å². The van der Waals surface area contributed by atoms with Gasteiger partial charge in [0, 0.05) is 12.4 Å². The van der Waals surface area contributed by atoms with Crippen LogP contribution < -0.4 is 5.32 Å². The summed E-state index contributed by atoms with van der Waals surface area (Å²) in [6.07, 6.45) is 2.75. The lowest BCUT2D eigenvalue weighted by Crippen LogP contribution is -2.24. The molecule has 0 radical (unpaired) electrons. The zero-order valence-corrected chi connectivity index (χ0v) is 11.5. The number of alkyl halides is 1. The molecule has 0 atom stereocenters. The van der Waals surface area contributed by atoms with Crippen LogP contribution in [0.15, 0.2) is 30.5 Å². The van der Waals surface area contributed by atoms with E-state index in [9.17, 15) is 0 Å². The van der Waals surface area contributed by atoms with Gasteiger partial charge in [-0.2, -0.15) is 0 Å². The molecule has 0 unspecified atom stereocenters. The Morgan fingerprint density at radius 2 is 1.94 bits per heavy atom. The number of aromatic nitrogens is 2. The molecular formula is C14H18ClN3. The second-order valence-electron chi connectivity index (χ2n) is 5.20. The van der Waals surface area contributed by atoms with E-state index < -0.39 is 0 Å². The molecule has 2 aromatic rings. The summed E-state index contributed by atoms with van der Waals surface area (Å²) in [6.45, 7) is 5.22. The van der Waals surface area contributed by atoms with Crippen molar-refractivity contribution in [2.75, 3.05) is 17.7 Å². The molecule has 0 bridgehead atoms. The first-order valence-electron chi connectivity index (χ1n) is 6.12. The first kappa shape index (κ1) is 13.1. The topological polar surface area (TPSA) is 37.8 Å². The maximum atomic E-state index is 5.79. The minimum Gasteiger partial charge on any atom is -0.368 e. The van der Waals surface area contributed by atoms with Crippen molar-refractivity contribution in [1.82, 2.24) is 9.97 Å². The maximum absolute atomic E-state index is 5.79. The number of fused-ring (bicyclic) bond motifs is 1. The Labute approximate surface area is 113 Å². The molecule has 1 aromatic carbocycles. The minimum atomic E-state index is 0.162. The highest BCUT2D eigenvalue weighted by Crippen LogP contribution is 2.21. The van der Waals surface area contributed by atoms with Crippen LogP contribution in [0, 0.1) is 5.41 Å². The molecule has 0 saturated heterocycles. The smallest absolute Gasteiger partial charge is 0.145 e. The zero-order valence-electron chi connectivity index (χ0n) is 10.8. The Morgan fingerprint density at radius 3 is 2.67 bits per heavy atom. The Hall–Kier alpha value is -1.35. The Balaban J connectivity index is 2.08. The van der Waals surface area contributed by atoms with Crippen molar-refractivity contribution in [3.05, 3.63) is 30.5 Å². The number of nitrogens with zero attached hydrogens (tertiary/aromatic N) is 2. The van der Waals surface area contributed by atoms with Gasteiger partial charge in [-0.3, -0.25) is 4.98 Å². The molecule has 4 heteroatoms. The molecule has 0 aliphatic carbocycles. The lowest BCUT2D eigenvalue weighted by atomic mass is 9.90. The van der Waals surface area contributed by atoms with Gasteiger partial charge in [0.15, 0.2) is 0 Å². The third-order valence-corrected chi connectivity index (χ3v) is 3.16. The Kier molecular flexibility index (Phi) is 4.02. The molecule has 1 heterocycles. The van der Waals surface area contributed by atoms with Crippen molar-refractivity contribution in [3.8, 4) is 0 Å². The fraction of sp³-hybridized carbons (Fsp3) is 0.429. The van der Waals surface area contributed by atoms with E-state index >= 15 is 0 Å². The standard InChI is InChI=1S/C14H18ClN3/c1-14(2,7-8-15)10-17-13-9-16-11-5-3-4-6-12(11)18-13/h3-6,9H,7-8,10H2,1-2H3,(H,17,18). The van der Waals surface area contributed by atoms with Crippen molar-refractivity contribution in [2.24, 2.45) is 5.41 Å². The highest BCUT2D eigenvalue weighted by atomic mass is 35.5. The van der Waals surface area contributed by atoms with Gasteiger partial charge in [0.1, 0.15) is 5.82 Å². The molecule has 1 aromatic heterocycles. The second kappa shape index (κ2) is 5.53. The number of para-hydroxylation sites is 2. The van der Waals surface area contributed by atoms with Crippen LogP contribution in [0.1, 0.15) is 20.3 Å². The number of hydrogen-bond acceptors (Lipinski definition) is 3. The highest BCUT2D eigenvalue weighted by molar-refractivity contribution is 6.17. The normalized spacial score (nSPS) is 11.7. The predicted molar refractivity (Wildman–Crippen MR) is 77.1 cm³/mol. The maximum Gasteiger partial charge on any atom is 0.145 e. The van der Waals surface area contributed by atoms with Crippen LogP contribution in [0.4, 0.5) is 5.82 Å². The van der Waals surface area contributed by atoms with E-state index in [4.69, 9.17) is 11.6 Å². The van der Waals surface area contributed by atoms with Crippen molar-refractivity contribution in [3.63, 3.8) is 0 Å². The number of benzene rings is 1. The molecule has 1 N–H and O–H groups in total. The molecule has 2 rings (SSSR count). The molecule has 0 spiro atoms. The average molecular weight is 264 g/mol. The summed E-state index contributed by atoms with van der Waals surface area (Å²) in [5.41, 5.74) is 2.00. The average Bonchev–Trinajstić information content (AvgIpc) is 2.36. The van der Waals surface area contributed by atoms with Crippen molar-refractivity contribution in [2.45, 2.75) is 20.3 Å². The van der Waals surface area contributed by atoms with Gasteiger partial charge in [0.25, 0.3) is 0 Å². The van der Waals surface area contributed by atoms with E-state index in [0.29, 0.717) is 5.88 Å². The van der Waals surface area contributed by atoms with Crippen LogP contribution >= 0.6 is 11.6 Å². The first-order chi connectivity index (χ1) is 8.61. The lowest BCUT2D eigenvalue weighted by Gasteiger charge is -2.24. The number of hydrogen-bond donors (Lipinski definition) is 1. The summed E-state index contributed by atoms with van der Waals surface area (Å²) in [5, 5.41) is 3.33. The van der Waals surface area contributed by atoms with Gasteiger partial charge in [-0.25, -0.2) is 4.98 Å². The van der Waals surface area contributed by atoms with E-state index in [1.165, 1.54) is 0 Å². The van der Waals surface area contributed by atoms with Crippen LogP contribution in [0.2, 0.25) is 0 Å². The molecule has 0 amide bonds. The summed E-state index contributed by atoms with van der Waals surface area (Å²) in [7, 11) is 0. The van der Waals surface area contributed by atoms with Crippen molar-refractivity contribution in [1.29, 1.82) is 0 Å². The molecule has 0 aliphatic heterocycles. The van der Waals surface area contributed by atoms with Gasteiger partial charge in [-0.05, 0) is 24.0 Å². The summed E-state index contributed by atoms with van der Waals surface area (Å²) in [6, 6.07) is 7.87. The van der Waals surface area contributed by atoms with E-state index in [-0.39, 0.29) is 5.41 Å². The SMILES string of the molecule is CC(C)(CCCl)CNc1cnc2ccccc2n1. The van der Waals surface area contributed by atoms with Crippen LogP contribution in [-0.4, -0.2) is 22.4 Å². The Bertz CT molecular complexity index is 525. The molecule has 0 fully saturated rings. The largest absolute Gasteiger partial charge is 0.368 e. The number of anilines is 1. The third-order valence-electron chi connectivity index (χ3n) is 2.97. The third kappa shape index (κ3) is 3.33. The number of halogens is 1. The fourth-order valence-electron chi connectivity index (χ4n) is 1.72. The van der Waals surface area contributed by atoms with E-state index in [1.54, 1.807) is 6.20 Å². The van der Waals surface area contributed by atoms with Crippen molar-refractivity contribution >= 4 is 28.5 Å². The summed E-state index contributed by atoms with van der Waals surface area (Å²) >= 11 is 5.79. The summed E-state index contributed by atoms with van der Waals surface area (Å²) in [4.78, 5) is 8.91. The van der Waals surface area contributed by atoms with Gasteiger partial charge < -0.3 is 5.32 Å². The van der Waals surface area contributed by atoms with Gasteiger partial charge in [-0.1, -0.05) is 26.0 Å². The van der Waals surface area contributed by atoms with Crippen LogP contribution in [0.3, 0.4) is 0 Å². The van der Waals surface area contributed by atoms with Gasteiger partial charge >= 0.3 is 0 Å². The van der Waals surface area contributed by atoms with Crippen LogP contribution in [0.25, 0.3) is 11.0 Å². The summed E-state index contributed by atoms with van der Waals surface area (Å²) in [5.74, 6) is 1.49. The molecule has 3 nitrogen and oxygen atoms in total. The quantitative estimate of drug-likeness (QED) is 0.836. The van der Waals surface area contributed by atoms with E-state index in [1.807, 2.05) is 24.3 Å². The molecule has 96 valence electrons.